The quantitative estimate of drug-likeness (QED) is 0.907. The molecule has 0 amide bonds. The average Bonchev–Trinajstić information content (AvgIpc) is 2.76. The molecule has 0 bridgehead atoms. The first-order chi connectivity index (χ1) is 8.94. The van der Waals surface area contributed by atoms with Crippen molar-refractivity contribution in [3.05, 3.63) is 41.4 Å². The predicted molar refractivity (Wildman–Crippen MR) is 81.4 cm³/mol. The second-order valence-electron chi connectivity index (χ2n) is 5.11. The Balaban J connectivity index is 1.99. The molecule has 1 heterocycles. The van der Waals surface area contributed by atoms with Crippen molar-refractivity contribution in [2.45, 2.75) is 25.1 Å². The van der Waals surface area contributed by atoms with Gasteiger partial charge in [-0.3, -0.25) is 0 Å². The Morgan fingerprint density at radius 3 is 2.89 bits per heavy atom. The number of rotatable bonds is 5. The van der Waals surface area contributed by atoms with Crippen molar-refractivity contribution >= 4 is 23.4 Å². The van der Waals surface area contributed by atoms with Crippen LogP contribution in [-0.2, 0) is 5.75 Å². The largest absolute Gasteiger partial charge is 0.440 e. The lowest BCUT2D eigenvalue weighted by Crippen LogP contribution is -2.34. The van der Waals surface area contributed by atoms with Gasteiger partial charge in [0.1, 0.15) is 0 Å². The molecule has 1 aromatic heterocycles. The number of hydrogen-bond acceptors (Lipinski definition) is 4. The first-order valence-electron chi connectivity index (χ1n) is 6.01. The van der Waals surface area contributed by atoms with E-state index in [1.807, 2.05) is 38.1 Å². The molecule has 102 valence electrons. The van der Waals surface area contributed by atoms with E-state index in [0.717, 1.165) is 22.8 Å². The van der Waals surface area contributed by atoms with Gasteiger partial charge in [-0.15, -0.1) is 0 Å². The maximum Gasteiger partial charge on any atom is 0.204 e. The highest BCUT2D eigenvalue weighted by atomic mass is 35.5. The number of aromatic nitrogens is 1. The van der Waals surface area contributed by atoms with Crippen molar-refractivity contribution in [1.82, 2.24) is 4.98 Å². The van der Waals surface area contributed by atoms with Gasteiger partial charge < -0.3 is 10.2 Å². The molecule has 0 saturated heterocycles. The number of nitrogens with zero attached hydrogens (tertiary/aromatic N) is 1. The highest BCUT2D eigenvalue weighted by Gasteiger charge is 2.12. The Morgan fingerprint density at radius 1 is 1.42 bits per heavy atom. The third kappa shape index (κ3) is 4.56. The fraction of sp³-hybridized carbons (Fsp3) is 0.357. The smallest absolute Gasteiger partial charge is 0.204 e. The van der Waals surface area contributed by atoms with E-state index in [2.05, 4.69) is 4.98 Å². The SMILES string of the molecule is CC(C)(N)CSCc1ncc(-c2cccc(Cl)c2)o1. The topological polar surface area (TPSA) is 52.0 Å². The van der Waals surface area contributed by atoms with Crippen LogP contribution in [0.25, 0.3) is 11.3 Å². The molecule has 1 aromatic carbocycles. The van der Waals surface area contributed by atoms with Crippen molar-refractivity contribution in [1.29, 1.82) is 0 Å². The lowest BCUT2D eigenvalue weighted by Gasteiger charge is -2.16. The van der Waals surface area contributed by atoms with Gasteiger partial charge in [-0.1, -0.05) is 23.7 Å². The average molecular weight is 297 g/mol. The molecule has 0 spiro atoms. The van der Waals surface area contributed by atoms with E-state index in [0.29, 0.717) is 10.9 Å². The third-order valence-electron chi connectivity index (χ3n) is 2.36. The Kier molecular flexibility index (Phi) is 4.55. The summed E-state index contributed by atoms with van der Waals surface area (Å²) in [5, 5.41) is 0.690. The van der Waals surface area contributed by atoms with Gasteiger partial charge in [0.2, 0.25) is 5.89 Å². The summed E-state index contributed by atoms with van der Waals surface area (Å²) in [6.45, 7) is 4.01. The van der Waals surface area contributed by atoms with Crippen molar-refractivity contribution in [2.75, 3.05) is 5.75 Å². The van der Waals surface area contributed by atoms with E-state index in [4.69, 9.17) is 21.8 Å². The Labute approximate surface area is 122 Å². The molecule has 19 heavy (non-hydrogen) atoms. The summed E-state index contributed by atoms with van der Waals surface area (Å²) in [7, 11) is 0. The lowest BCUT2D eigenvalue weighted by molar-refractivity contribution is 0.529. The van der Waals surface area contributed by atoms with E-state index in [-0.39, 0.29) is 5.54 Å². The molecule has 3 nitrogen and oxygen atoms in total. The van der Waals surface area contributed by atoms with E-state index >= 15 is 0 Å². The lowest BCUT2D eigenvalue weighted by atomic mass is 10.1. The van der Waals surface area contributed by atoms with Crippen LogP contribution in [-0.4, -0.2) is 16.3 Å². The van der Waals surface area contributed by atoms with Crippen LogP contribution in [0.5, 0.6) is 0 Å². The number of benzene rings is 1. The normalized spacial score (nSPS) is 11.8. The minimum Gasteiger partial charge on any atom is -0.440 e. The molecule has 0 atom stereocenters. The molecule has 0 aliphatic heterocycles. The van der Waals surface area contributed by atoms with Gasteiger partial charge in [-0.05, 0) is 26.0 Å². The predicted octanol–water partition coefficient (Wildman–Crippen LogP) is 3.97. The molecule has 0 unspecified atom stereocenters. The van der Waals surface area contributed by atoms with E-state index in [9.17, 15) is 0 Å². The summed E-state index contributed by atoms with van der Waals surface area (Å²) in [6, 6.07) is 7.54. The van der Waals surface area contributed by atoms with Crippen LogP contribution in [0.2, 0.25) is 5.02 Å². The molecular formula is C14H17ClN2OS. The van der Waals surface area contributed by atoms with Gasteiger partial charge >= 0.3 is 0 Å². The minimum absolute atomic E-state index is 0.174. The van der Waals surface area contributed by atoms with Gasteiger partial charge in [-0.2, -0.15) is 11.8 Å². The third-order valence-corrected chi connectivity index (χ3v) is 4.00. The number of nitrogens with two attached hydrogens (primary N) is 1. The molecular weight excluding hydrogens is 280 g/mol. The molecule has 0 aliphatic carbocycles. The van der Waals surface area contributed by atoms with Crippen molar-refractivity contribution < 1.29 is 4.42 Å². The van der Waals surface area contributed by atoms with Crippen LogP contribution in [0, 0.1) is 0 Å². The Bertz CT molecular complexity index is 548. The van der Waals surface area contributed by atoms with Crippen LogP contribution >= 0.6 is 23.4 Å². The second kappa shape index (κ2) is 5.99. The minimum atomic E-state index is -0.174. The monoisotopic (exact) mass is 296 g/mol. The fourth-order valence-electron chi connectivity index (χ4n) is 1.55. The molecule has 0 aliphatic rings. The summed E-state index contributed by atoms with van der Waals surface area (Å²) >= 11 is 7.67. The summed E-state index contributed by atoms with van der Waals surface area (Å²) in [5.41, 5.74) is 6.69. The van der Waals surface area contributed by atoms with Gasteiger partial charge in [0, 0.05) is 21.9 Å². The second-order valence-corrected chi connectivity index (χ2v) is 6.53. The number of thioether (sulfide) groups is 1. The zero-order valence-electron chi connectivity index (χ0n) is 11.0. The van der Waals surface area contributed by atoms with Gasteiger partial charge in [0.05, 0.1) is 11.9 Å². The number of oxazole rings is 1. The van der Waals surface area contributed by atoms with Crippen LogP contribution in [0.1, 0.15) is 19.7 Å². The van der Waals surface area contributed by atoms with Crippen LogP contribution in [0.3, 0.4) is 0 Å². The highest BCUT2D eigenvalue weighted by Crippen LogP contribution is 2.25. The summed E-state index contributed by atoms with van der Waals surface area (Å²) in [6.07, 6.45) is 1.73. The number of hydrogen-bond donors (Lipinski definition) is 1. The molecule has 2 aromatic rings. The summed E-state index contributed by atoms with van der Waals surface area (Å²) in [5.74, 6) is 3.04. The molecule has 2 rings (SSSR count). The maximum atomic E-state index is 5.96. The van der Waals surface area contributed by atoms with Gasteiger partial charge in [0.15, 0.2) is 5.76 Å². The summed E-state index contributed by atoms with van der Waals surface area (Å²) < 4.78 is 5.71. The molecule has 0 fully saturated rings. The van der Waals surface area contributed by atoms with Crippen molar-refractivity contribution in [3.8, 4) is 11.3 Å². The van der Waals surface area contributed by atoms with Crippen molar-refractivity contribution in [3.63, 3.8) is 0 Å². The standard InChI is InChI=1S/C14H17ClN2OS/c1-14(2,16)9-19-8-13-17-7-12(18-13)10-4-3-5-11(15)6-10/h3-7H,8-9,16H2,1-2H3. The Hall–Kier alpha value is -0.970. The zero-order chi connectivity index (χ0) is 13.9. The first-order valence-corrected chi connectivity index (χ1v) is 7.54. The van der Waals surface area contributed by atoms with E-state index < -0.39 is 0 Å². The highest BCUT2D eigenvalue weighted by molar-refractivity contribution is 7.98. The molecule has 0 saturated carbocycles. The van der Waals surface area contributed by atoms with E-state index in [1.165, 1.54) is 0 Å². The molecule has 5 heteroatoms. The van der Waals surface area contributed by atoms with Crippen LogP contribution in [0.15, 0.2) is 34.9 Å². The molecule has 2 N–H and O–H groups in total. The summed E-state index contributed by atoms with van der Waals surface area (Å²) in [4.78, 5) is 4.27. The van der Waals surface area contributed by atoms with Crippen LogP contribution < -0.4 is 5.73 Å². The maximum absolute atomic E-state index is 5.96. The molecule has 0 radical (unpaired) electrons. The fourth-order valence-corrected chi connectivity index (χ4v) is 2.68. The Morgan fingerprint density at radius 2 is 2.21 bits per heavy atom. The number of halogens is 1. The van der Waals surface area contributed by atoms with Crippen molar-refractivity contribution in [2.24, 2.45) is 5.73 Å². The van der Waals surface area contributed by atoms with Gasteiger partial charge in [0.25, 0.3) is 0 Å². The zero-order valence-corrected chi connectivity index (χ0v) is 12.6. The van der Waals surface area contributed by atoms with E-state index in [1.54, 1.807) is 18.0 Å². The van der Waals surface area contributed by atoms with Gasteiger partial charge in [-0.25, -0.2) is 4.98 Å². The van der Waals surface area contributed by atoms with Crippen LogP contribution in [0.4, 0.5) is 0 Å². The first kappa shape index (κ1) is 14.4.